The Hall–Kier alpha value is -9.56. The highest BCUT2D eigenvalue weighted by Crippen LogP contribution is 2.35. The summed E-state index contributed by atoms with van der Waals surface area (Å²) in [5, 5.41) is 0. The third kappa shape index (κ3) is 15.2. The van der Waals surface area contributed by atoms with Gasteiger partial charge in [-0.15, -0.1) is 0 Å². The van der Waals surface area contributed by atoms with Crippen LogP contribution in [0.15, 0.2) is 273 Å². The van der Waals surface area contributed by atoms with E-state index in [4.69, 9.17) is 0 Å². The number of anilines is 3. The molecule has 9 rings (SSSR count). The predicted octanol–water partition coefficient (Wildman–Crippen LogP) is 19.8. The third-order valence-electron chi connectivity index (χ3n) is 12.1. The average Bonchev–Trinajstić information content (AvgIpc) is 3.45. The van der Waals surface area contributed by atoms with E-state index in [0.29, 0.717) is 0 Å². The predicted molar refractivity (Wildman–Crippen MR) is 321 cm³/mol. The first-order chi connectivity index (χ1) is 36.1. The van der Waals surface area contributed by atoms with E-state index in [2.05, 4.69) is 333 Å². The largest absolute Gasteiger partial charge is 0.311 e. The number of allylic oxidation sites excluding steroid dienone is 6. The summed E-state index contributed by atoms with van der Waals surface area (Å²) in [6.45, 7) is 0. The number of benzene rings is 9. The Bertz CT molecular complexity index is 3010. The second-order valence-electron chi connectivity index (χ2n) is 17.5. The molecule has 0 heterocycles. The van der Waals surface area contributed by atoms with Gasteiger partial charge in [-0.05, 0) is 103 Å². The minimum absolute atomic E-state index is 1.08. The smallest absolute Gasteiger partial charge is 0.0462 e. The molecule has 0 N–H and O–H groups in total. The van der Waals surface area contributed by atoms with Crippen LogP contribution in [0.1, 0.15) is 66.8 Å². The highest BCUT2D eigenvalue weighted by atomic mass is 15.1. The quantitative estimate of drug-likeness (QED) is 0.0612. The van der Waals surface area contributed by atoms with Gasteiger partial charge in [-0.25, -0.2) is 0 Å². The Morgan fingerprint density at radius 3 is 0.493 bits per heavy atom. The Labute approximate surface area is 432 Å². The van der Waals surface area contributed by atoms with Crippen molar-refractivity contribution in [2.45, 2.75) is 0 Å². The van der Waals surface area contributed by atoms with Gasteiger partial charge in [0.25, 0.3) is 0 Å². The molecule has 0 bridgehead atoms. The van der Waals surface area contributed by atoms with Crippen LogP contribution >= 0.6 is 0 Å². The van der Waals surface area contributed by atoms with Crippen LogP contribution in [-0.2, 0) is 0 Å². The van der Waals surface area contributed by atoms with Gasteiger partial charge in [0, 0.05) is 17.1 Å². The molecule has 73 heavy (non-hydrogen) atoms. The highest BCUT2D eigenvalue weighted by molar-refractivity contribution is 5.81. The molecule has 0 atom stereocenters. The van der Waals surface area contributed by atoms with Crippen LogP contribution < -0.4 is 4.90 Å². The van der Waals surface area contributed by atoms with Crippen molar-refractivity contribution in [2.24, 2.45) is 0 Å². The van der Waals surface area contributed by atoms with Gasteiger partial charge in [0.05, 0.1) is 0 Å². The third-order valence-corrected chi connectivity index (χ3v) is 12.1. The molecule has 1 nitrogen and oxygen atoms in total. The minimum Gasteiger partial charge on any atom is -0.311 e. The molecule has 0 spiro atoms. The van der Waals surface area contributed by atoms with Gasteiger partial charge in [0.1, 0.15) is 0 Å². The second-order valence-corrected chi connectivity index (χ2v) is 17.5. The zero-order valence-electron chi connectivity index (χ0n) is 40.9. The van der Waals surface area contributed by atoms with Gasteiger partial charge in [0.2, 0.25) is 0 Å². The molecule has 0 saturated carbocycles. The normalized spacial score (nSPS) is 12.2. The molecule has 0 aliphatic carbocycles. The van der Waals surface area contributed by atoms with Crippen molar-refractivity contribution in [2.75, 3.05) is 4.90 Å². The molecular formula is C72H57N. The highest BCUT2D eigenvalue weighted by Gasteiger charge is 2.12. The molecule has 0 aromatic heterocycles. The second kappa shape index (κ2) is 25.9. The molecule has 9 aromatic rings. The Balaban J connectivity index is 0.876. The van der Waals surface area contributed by atoms with Gasteiger partial charge >= 0.3 is 0 Å². The van der Waals surface area contributed by atoms with Gasteiger partial charge in [0.15, 0.2) is 0 Å². The van der Waals surface area contributed by atoms with E-state index in [1.165, 1.54) is 16.7 Å². The molecule has 0 amide bonds. The fraction of sp³-hybridized carbons (Fsp3) is 0. The first kappa shape index (κ1) is 48.5. The first-order valence-corrected chi connectivity index (χ1v) is 24.8. The van der Waals surface area contributed by atoms with Crippen LogP contribution in [0.5, 0.6) is 0 Å². The molecule has 0 aliphatic heterocycles. The minimum atomic E-state index is 1.08. The summed E-state index contributed by atoms with van der Waals surface area (Å²) in [6, 6.07) is 83.3. The van der Waals surface area contributed by atoms with Gasteiger partial charge in [-0.2, -0.15) is 0 Å². The summed E-state index contributed by atoms with van der Waals surface area (Å²) < 4.78 is 0. The van der Waals surface area contributed by atoms with Gasteiger partial charge in [-0.1, -0.05) is 310 Å². The monoisotopic (exact) mass is 935 g/mol. The zero-order valence-corrected chi connectivity index (χ0v) is 40.9. The van der Waals surface area contributed by atoms with E-state index in [0.717, 1.165) is 67.1 Å². The van der Waals surface area contributed by atoms with Crippen molar-refractivity contribution >= 4 is 90.0 Å². The van der Waals surface area contributed by atoms with Gasteiger partial charge in [-0.3, -0.25) is 0 Å². The van der Waals surface area contributed by atoms with Crippen LogP contribution in [0, 0.1) is 0 Å². The van der Waals surface area contributed by atoms with Crippen molar-refractivity contribution in [3.05, 3.63) is 340 Å². The van der Waals surface area contributed by atoms with Crippen LogP contribution in [0.4, 0.5) is 17.1 Å². The van der Waals surface area contributed by atoms with E-state index >= 15 is 0 Å². The van der Waals surface area contributed by atoms with Crippen LogP contribution in [0.25, 0.3) is 72.9 Å². The molecule has 1 heteroatoms. The van der Waals surface area contributed by atoms with E-state index in [1.807, 2.05) is 18.2 Å². The summed E-state index contributed by atoms with van der Waals surface area (Å²) in [4.78, 5) is 2.32. The maximum absolute atomic E-state index is 2.32. The molecule has 0 aliphatic rings. The van der Waals surface area contributed by atoms with Crippen molar-refractivity contribution in [1.82, 2.24) is 0 Å². The Morgan fingerprint density at radius 2 is 0.301 bits per heavy atom. The van der Waals surface area contributed by atoms with Gasteiger partial charge < -0.3 is 4.90 Å². The molecule has 350 valence electrons. The number of nitrogens with zero attached hydrogens (tertiary/aromatic N) is 1. The van der Waals surface area contributed by atoms with E-state index in [-0.39, 0.29) is 0 Å². The number of rotatable bonds is 18. The van der Waals surface area contributed by atoms with Crippen molar-refractivity contribution in [1.29, 1.82) is 0 Å². The van der Waals surface area contributed by atoms with Crippen molar-refractivity contribution in [3.8, 4) is 0 Å². The zero-order chi connectivity index (χ0) is 49.5. The van der Waals surface area contributed by atoms with Crippen LogP contribution in [-0.4, -0.2) is 0 Å². The summed E-state index contributed by atoms with van der Waals surface area (Å²) >= 11 is 0. The lowest BCUT2D eigenvalue weighted by Crippen LogP contribution is -2.09. The maximum atomic E-state index is 2.32. The summed E-state index contributed by atoms with van der Waals surface area (Å²) in [5.41, 5.74) is 17.2. The first-order valence-electron chi connectivity index (χ1n) is 24.8. The topological polar surface area (TPSA) is 3.24 Å². The van der Waals surface area contributed by atoms with Crippen molar-refractivity contribution in [3.63, 3.8) is 0 Å². The lowest BCUT2D eigenvalue weighted by molar-refractivity contribution is 1.28. The molecule has 0 fully saturated rings. The molecule has 0 radical (unpaired) electrons. The number of hydrogen-bond donors (Lipinski definition) is 0. The number of hydrogen-bond acceptors (Lipinski definition) is 1. The average molecular weight is 936 g/mol. The van der Waals surface area contributed by atoms with Crippen molar-refractivity contribution < 1.29 is 0 Å². The summed E-state index contributed by atoms with van der Waals surface area (Å²) in [7, 11) is 0. The maximum Gasteiger partial charge on any atom is 0.0462 e. The summed E-state index contributed by atoms with van der Waals surface area (Å²) in [6.07, 6.45) is 38.2. The standard InChI is InChI=1S/C72H57N/c1-4-16-58(17-5-1)22-10-13-25-61-28-34-64(35-29-61)40-43-67-46-52-70(53-47-67)73(71-54-48-68(49-55-71)44-41-65-36-30-62(31-37-65)26-14-11-23-59-18-6-2-7-19-59)72-56-50-69(51-57-72)45-42-66-38-32-63(33-39-66)27-15-12-24-60-20-8-3-9-21-60/h1-57H. The van der Waals surface area contributed by atoms with E-state index in [9.17, 15) is 0 Å². The molecule has 0 saturated heterocycles. The summed E-state index contributed by atoms with van der Waals surface area (Å²) in [5.74, 6) is 0. The fourth-order valence-corrected chi connectivity index (χ4v) is 8.08. The lowest BCUT2D eigenvalue weighted by Gasteiger charge is -2.26. The van der Waals surface area contributed by atoms with Crippen LogP contribution in [0.3, 0.4) is 0 Å². The SMILES string of the molecule is C(C=Cc1ccc(C=Cc2ccc(N(c3ccc(C=Cc4ccc(C=CC=Cc5ccccc5)cc4)cc3)c3ccc(C=Cc4ccc(C=CC=Cc5ccccc5)cc4)cc3)cc2)cc1)=Cc1ccccc1. The van der Waals surface area contributed by atoms with E-state index < -0.39 is 0 Å². The lowest BCUT2D eigenvalue weighted by atomic mass is 10.1. The van der Waals surface area contributed by atoms with E-state index in [1.54, 1.807) is 0 Å². The molecule has 0 unspecified atom stereocenters. The fourth-order valence-electron chi connectivity index (χ4n) is 8.08. The Kier molecular flexibility index (Phi) is 17.2. The molecule has 9 aromatic carbocycles. The molecular weight excluding hydrogens is 879 g/mol. The Morgan fingerprint density at radius 1 is 0.151 bits per heavy atom. The van der Waals surface area contributed by atoms with Crippen LogP contribution in [0.2, 0.25) is 0 Å².